The van der Waals surface area contributed by atoms with Crippen LogP contribution in [-0.2, 0) is 0 Å². The molecule has 0 amide bonds. The zero-order chi connectivity index (χ0) is 12.3. The second-order valence-electron chi connectivity index (χ2n) is 5.13. The first-order valence-corrected chi connectivity index (χ1v) is 6.69. The largest absolute Gasteiger partial charge is 0.387 e. The van der Waals surface area contributed by atoms with Gasteiger partial charge in [0.2, 0.25) is 0 Å². The summed E-state index contributed by atoms with van der Waals surface area (Å²) in [5, 5.41) is 10.3. The number of benzene rings is 1. The number of aliphatic hydroxyl groups is 1. The first-order valence-electron chi connectivity index (χ1n) is 6.69. The molecule has 0 bridgehead atoms. The predicted octanol–water partition coefficient (Wildman–Crippen LogP) is 2.90. The molecule has 1 heterocycles. The highest BCUT2D eigenvalue weighted by atomic mass is 16.3. The van der Waals surface area contributed by atoms with Crippen molar-refractivity contribution >= 4 is 0 Å². The maximum Gasteiger partial charge on any atom is 0.0917 e. The summed E-state index contributed by atoms with van der Waals surface area (Å²) in [6, 6.07) is 8.88. The molecule has 1 saturated heterocycles. The van der Waals surface area contributed by atoms with Gasteiger partial charge in [-0.3, -0.25) is 4.90 Å². The van der Waals surface area contributed by atoms with Crippen molar-refractivity contribution in [3.63, 3.8) is 0 Å². The SMILES string of the molecule is CCC1CCCN1CC(O)c1cccc(C)c1. The number of hydrogen-bond donors (Lipinski definition) is 1. The molecule has 1 aromatic carbocycles. The molecular formula is C15H23NO. The van der Waals surface area contributed by atoms with Crippen LogP contribution in [0.4, 0.5) is 0 Å². The fourth-order valence-electron chi connectivity index (χ4n) is 2.80. The molecule has 0 radical (unpaired) electrons. The van der Waals surface area contributed by atoms with Crippen molar-refractivity contribution in [1.82, 2.24) is 4.90 Å². The van der Waals surface area contributed by atoms with Gasteiger partial charge in [0.25, 0.3) is 0 Å². The number of aliphatic hydroxyl groups excluding tert-OH is 1. The summed E-state index contributed by atoms with van der Waals surface area (Å²) in [7, 11) is 0. The van der Waals surface area contributed by atoms with Gasteiger partial charge in [0.1, 0.15) is 0 Å². The lowest BCUT2D eigenvalue weighted by Crippen LogP contribution is -2.32. The van der Waals surface area contributed by atoms with Crippen LogP contribution in [-0.4, -0.2) is 29.1 Å². The Morgan fingerprint density at radius 2 is 2.29 bits per heavy atom. The minimum Gasteiger partial charge on any atom is -0.387 e. The van der Waals surface area contributed by atoms with Gasteiger partial charge in [0.15, 0.2) is 0 Å². The number of nitrogens with zero attached hydrogens (tertiary/aromatic N) is 1. The average Bonchev–Trinajstić information content (AvgIpc) is 2.76. The Kier molecular flexibility index (Phi) is 4.19. The van der Waals surface area contributed by atoms with Crippen molar-refractivity contribution in [2.24, 2.45) is 0 Å². The highest BCUT2D eigenvalue weighted by Crippen LogP contribution is 2.23. The van der Waals surface area contributed by atoms with Gasteiger partial charge in [0.05, 0.1) is 6.10 Å². The van der Waals surface area contributed by atoms with E-state index in [-0.39, 0.29) is 6.10 Å². The maximum atomic E-state index is 10.3. The van der Waals surface area contributed by atoms with E-state index in [1.54, 1.807) is 0 Å². The van der Waals surface area contributed by atoms with E-state index in [1.165, 1.54) is 24.8 Å². The van der Waals surface area contributed by atoms with Crippen LogP contribution in [0.15, 0.2) is 24.3 Å². The molecule has 2 nitrogen and oxygen atoms in total. The minimum atomic E-state index is -0.345. The van der Waals surface area contributed by atoms with E-state index < -0.39 is 0 Å². The van der Waals surface area contributed by atoms with Crippen LogP contribution in [0.5, 0.6) is 0 Å². The Labute approximate surface area is 104 Å². The summed E-state index contributed by atoms with van der Waals surface area (Å²) in [5.74, 6) is 0. The van der Waals surface area contributed by atoms with Crippen LogP contribution in [0.1, 0.15) is 43.4 Å². The molecule has 1 aliphatic heterocycles. The van der Waals surface area contributed by atoms with Crippen LogP contribution >= 0.6 is 0 Å². The summed E-state index contributed by atoms with van der Waals surface area (Å²) < 4.78 is 0. The van der Waals surface area contributed by atoms with Gasteiger partial charge >= 0.3 is 0 Å². The Hall–Kier alpha value is -0.860. The molecular weight excluding hydrogens is 210 g/mol. The lowest BCUT2D eigenvalue weighted by Gasteiger charge is -2.26. The van der Waals surface area contributed by atoms with Crippen molar-refractivity contribution in [2.45, 2.75) is 45.3 Å². The van der Waals surface area contributed by atoms with Crippen molar-refractivity contribution in [1.29, 1.82) is 0 Å². The van der Waals surface area contributed by atoms with Crippen molar-refractivity contribution < 1.29 is 5.11 Å². The third-order valence-electron chi connectivity index (χ3n) is 3.80. The molecule has 17 heavy (non-hydrogen) atoms. The summed E-state index contributed by atoms with van der Waals surface area (Å²) in [5.41, 5.74) is 2.27. The summed E-state index contributed by atoms with van der Waals surface area (Å²) in [6.07, 6.45) is 3.42. The van der Waals surface area contributed by atoms with Gasteiger partial charge in [-0.2, -0.15) is 0 Å². The lowest BCUT2D eigenvalue weighted by molar-refractivity contribution is 0.105. The second-order valence-corrected chi connectivity index (χ2v) is 5.13. The Morgan fingerprint density at radius 1 is 1.47 bits per heavy atom. The Morgan fingerprint density at radius 3 is 3.00 bits per heavy atom. The molecule has 0 aliphatic carbocycles. The Balaban J connectivity index is 1.99. The Bertz CT molecular complexity index is 364. The molecule has 2 rings (SSSR count). The smallest absolute Gasteiger partial charge is 0.0917 e. The van der Waals surface area contributed by atoms with E-state index in [9.17, 15) is 5.11 Å². The lowest BCUT2D eigenvalue weighted by atomic mass is 10.1. The molecule has 0 aromatic heterocycles. The first kappa shape index (κ1) is 12.6. The van der Waals surface area contributed by atoms with Crippen LogP contribution in [0.2, 0.25) is 0 Å². The number of β-amino-alcohol motifs (C(OH)–C–C–N with tert-alkyl or cyclic N) is 1. The molecule has 1 N–H and O–H groups in total. The maximum absolute atomic E-state index is 10.3. The quantitative estimate of drug-likeness (QED) is 0.864. The summed E-state index contributed by atoms with van der Waals surface area (Å²) in [6.45, 7) is 6.23. The van der Waals surface area contributed by atoms with Gasteiger partial charge in [-0.05, 0) is 38.3 Å². The molecule has 94 valence electrons. The van der Waals surface area contributed by atoms with Crippen LogP contribution in [0, 0.1) is 6.92 Å². The molecule has 1 aliphatic rings. The molecule has 2 heteroatoms. The first-order chi connectivity index (χ1) is 8.20. The normalized spacial score (nSPS) is 22.9. The third kappa shape index (κ3) is 3.08. The zero-order valence-electron chi connectivity index (χ0n) is 10.9. The highest BCUT2D eigenvalue weighted by Gasteiger charge is 2.25. The van der Waals surface area contributed by atoms with Gasteiger partial charge in [-0.15, -0.1) is 0 Å². The second kappa shape index (κ2) is 5.65. The third-order valence-corrected chi connectivity index (χ3v) is 3.80. The fraction of sp³-hybridized carbons (Fsp3) is 0.600. The van der Waals surface area contributed by atoms with E-state index in [1.807, 2.05) is 12.1 Å². The minimum absolute atomic E-state index is 0.345. The molecule has 0 saturated carbocycles. The molecule has 2 atom stereocenters. The molecule has 0 spiro atoms. The van der Waals surface area contributed by atoms with Crippen LogP contribution in [0.3, 0.4) is 0 Å². The van der Waals surface area contributed by atoms with E-state index in [0.29, 0.717) is 6.04 Å². The van der Waals surface area contributed by atoms with Crippen molar-refractivity contribution in [3.8, 4) is 0 Å². The zero-order valence-corrected chi connectivity index (χ0v) is 10.9. The summed E-state index contributed by atoms with van der Waals surface area (Å²) >= 11 is 0. The van der Waals surface area contributed by atoms with Crippen molar-refractivity contribution in [2.75, 3.05) is 13.1 Å². The molecule has 1 fully saturated rings. The van der Waals surface area contributed by atoms with E-state index >= 15 is 0 Å². The number of hydrogen-bond acceptors (Lipinski definition) is 2. The van der Waals surface area contributed by atoms with Crippen LogP contribution in [0.25, 0.3) is 0 Å². The van der Waals surface area contributed by atoms with E-state index in [4.69, 9.17) is 0 Å². The van der Waals surface area contributed by atoms with E-state index in [2.05, 4.69) is 30.9 Å². The number of likely N-dealkylation sites (tertiary alicyclic amines) is 1. The topological polar surface area (TPSA) is 23.5 Å². The van der Waals surface area contributed by atoms with E-state index in [0.717, 1.165) is 18.7 Å². The number of aryl methyl sites for hydroxylation is 1. The standard InChI is InChI=1S/C15H23NO/c1-3-14-8-5-9-16(14)11-15(17)13-7-4-6-12(2)10-13/h4,6-7,10,14-15,17H,3,5,8-9,11H2,1-2H3. The monoisotopic (exact) mass is 233 g/mol. The molecule has 2 unspecified atom stereocenters. The van der Waals surface area contributed by atoms with Gasteiger partial charge < -0.3 is 5.11 Å². The van der Waals surface area contributed by atoms with Gasteiger partial charge in [-0.1, -0.05) is 36.8 Å². The molecule has 1 aromatic rings. The van der Waals surface area contributed by atoms with Crippen molar-refractivity contribution in [3.05, 3.63) is 35.4 Å². The van der Waals surface area contributed by atoms with Gasteiger partial charge in [-0.25, -0.2) is 0 Å². The van der Waals surface area contributed by atoms with Crippen LogP contribution < -0.4 is 0 Å². The fourth-order valence-corrected chi connectivity index (χ4v) is 2.80. The average molecular weight is 233 g/mol. The predicted molar refractivity (Wildman–Crippen MR) is 71.0 cm³/mol. The number of rotatable bonds is 4. The highest BCUT2D eigenvalue weighted by molar-refractivity contribution is 5.24. The summed E-state index contributed by atoms with van der Waals surface area (Å²) in [4.78, 5) is 2.44. The van der Waals surface area contributed by atoms with Gasteiger partial charge in [0, 0.05) is 12.6 Å².